The maximum absolute atomic E-state index is 12.7. The molecular formula is C23H28N2O2. The van der Waals surface area contributed by atoms with Crippen molar-refractivity contribution in [1.29, 1.82) is 0 Å². The zero-order valence-electron chi connectivity index (χ0n) is 16.8. The summed E-state index contributed by atoms with van der Waals surface area (Å²) in [6.07, 6.45) is 0.248. The summed E-state index contributed by atoms with van der Waals surface area (Å²) >= 11 is 0. The highest BCUT2D eigenvalue weighted by Crippen LogP contribution is 2.30. The molecule has 1 saturated heterocycles. The summed E-state index contributed by atoms with van der Waals surface area (Å²) in [5.74, 6) is -0.423. The van der Waals surface area contributed by atoms with E-state index in [1.807, 2.05) is 44.2 Å². The number of nitrogens with zero attached hydrogens (tertiary/aromatic N) is 1. The number of hydrogen-bond acceptors (Lipinski definition) is 2. The van der Waals surface area contributed by atoms with Gasteiger partial charge in [-0.25, -0.2) is 0 Å². The molecule has 0 spiro atoms. The summed E-state index contributed by atoms with van der Waals surface area (Å²) in [6.45, 7) is 10.9. The summed E-state index contributed by atoms with van der Waals surface area (Å²) in [7, 11) is 0. The lowest BCUT2D eigenvalue weighted by Crippen LogP contribution is -2.28. The highest BCUT2D eigenvalue weighted by molar-refractivity contribution is 6.03. The molecule has 4 nitrogen and oxygen atoms in total. The molecule has 1 atom stereocenters. The number of benzene rings is 2. The number of amides is 2. The van der Waals surface area contributed by atoms with Crippen molar-refractivity contribution >= 4 is 23.2 Å². The Hall–Kier alpha value is -2.62. The highest BCUT2D eigenvalue weighted by Gasteiger charge is 2.35. The summed E-state index contributed by atoms with van der Waals surface area (Å²) in [5.41, 5.74) is 5.06. The number of anilines is 2. The normalized spacial score (nSPS) is 17.3. The van der Waals surface area contributed by atoms with E-state index in [2.05, 4.69) is 38.2 Å². The number of carbonyl (C=O) groups is 2. The smallest absolute Gasteiger partial charge is 0.229 e. The minimum absolute atomic E-state index is 0.000152. The van der Waals surface area contributed by atoms with E-state index in [1.54, 1.807) is 4.90 Å². The standard InChI is InChI=1S/C23H28N2O2/c1-15-7-6-8-16(2)21(15)24-22(27)17-13-20(26)25(14-17)19-11-9-18(10-12-19)23(3,4)5/h6-12,17H,13-14H2,1-5H3,(H,24,27). The lowest BCUT2D eigenvalue weighted by Gasteiger charge is -2.22. The molecule has 0 saturated carbocycles. The second-order valence-electron chi connectivity index (χ2n) is 8.46. The van der Waals surface area contributed by atoms with E-state index in [9.17, 15) is 9.59 Å². The van der Waals surface area contributed by atoms with Gasteiger partial charge in [-0.2, -0.15) is 0 Å². The Labute approximate surface area is 161 Å². The quantitative estimate of drug-likeness (QED) is 0.866. The number of nitrogens with one attached hydrogen (secondary N) is 1. The van der Waals surface area contributed by atoms with Crippen LogP contribution in [0.5, 0.6) is 0 Å². The molecule has 1 fully saturated rings. The molecule has 1 unspecified atom stereocenters. The Bertz CT molecular complexity index is 843. The van der Waals surface area contributed by atoms with Gasteiger partial charge in [0.2, 0.25) is 11.8 Å². The maximum atomic E-state index is 12.7. The SMILES string of the molecule is Cc1cccc(C)c1NC(=O)C1CC(=O)N(c2ccc(C(C)(C)C)cc2)C1. The van der Waals surface area contributed by atoms with Gasteiger partial charge in [-0.1, -0.05) is 51.1 Å². The van der Waals surface area contributed by atoms with Crippen molar-refractivity contribution < 1.29 is 9.59 Å². The molecule has 0 radical (unpaired) electrons. The van der Waals surface area contributed by atoms with Crippen LogP contribution in [-0.2, 0) is 15.0 Å². The minimum Gasteiger partial charge on any atom is -0.325 e. The Morgan fingerprint density at radius 3 is 2.19 bits per heavy atom. The molecule has 1 heterocycles. The van der Waals surface area contributed by atoms with Gasteiger partial charge in [0, 0.05) is 24.3 Å². The number of para-hydroxylation sites is 1. The third kappa shape index (κ3) is 4.05. The first-order chi connectivity index (χ1) is 12.7. The van der Waals surface area contributed by atoms with Crippen molar-refractivity contribution in [3.63, 3.8) is 0 Å². The largest absolute Gasteiger partial charge is 0.325 e. The third-order valence-corrected chi connectivity index (χ3v) is 5.27. The fraction of sp³-hybridized carbons (Fsp3) is 0.391. The zero-order valence-corrected chi connectivity index (χ0v) is 16.8. The van der Waals surface area contributed by atoms with E-state index in [0.29, 0.717) is 6.54 Å². The fourth-order valence-electron chi connectivity index (χ4n) is 3.51. The molecule has 0 bridgehead atoms. The molecule has 4 heteroatoms. The van der Waals surface area contributed by atoms with Crippen molar-refractivity contribution in [3.05, 3.63) is 59.2 Å². The van der Waals surface area contributed by atoms with Gasteiger partial charge < -0.3 is 10.2 Å². The summed E-state index contributed by atoms with van der Waals surface area (Å²) in [5, 5.41) is 3.02. The summed E-state index contributed by atoms with van der Waals surface area (Å²) < 4.78 is 0. The molecule has 1 aliphatic rings. The van der Waals surface area contributed by atoms with E-state index < -0.39 is 0 Å². The predicted molar refractivity (Wildman–Crippen MR) is 110 cm³/mol. The lowest BCUT2D eigenvalue weighted by atomic mass is 9.87. The van der Waals surface area contributed by atoms with Gasteiger partial charge in [-0.15, -0.1) is 0 Å². The maximum Gasteiger partial charge on any atom is 0.229 e. The van der Waals surface area contributed by atoms with Gasteiger partial charge in [-0.3, -0.25) is 9.59 Å². The van der Waals surface area contributed by atoms with Crippen LogP contribution in [-0.4, -0.2) is 18.4 Å². The average Bonchev–Trinajstić information content (AvgIpc) is 2.99. The molecule has 1 N–H and O–H groups in total. The van der Waals surface area contributed by atoms with Crippen LogP contribution in [0.15, 0.2) is 42.5 Å². The van der Waals surface area contributed by atoms with Crippen LogP contribution in [0.2, 0.25) is 0 Å². The van der Waals surface area contributed by atoms with Gasteiger partial charge in [0.05, 0.1) is 5.92 Å². The minimum atomic E-state index is -0.334. The van der Waals surface area contributed by atoms with E-state index in [1.165, 1.54) is 5.56 Å². The molecule has 2 aromatic carbocycles. The second kappa shape index (κ2) is 7.18. The monoisotopic (exact) mass is 364 g/mol. The summed E-state index contributed by atoms with van der Waals surface area (Å²) in [6, 6.07) is 14.0. The molecule has 0 aliphatic carbocycles. The second-order valence-corrected chi connectivity index (χ2v) is 8.46. The van der Waals surface area contributed by atoms with Gasteiger partial charge in [0.1, 0.15) is 0 Å². The van der Waals surface area contributed by atoms with Crippen molar-refractivity contribution in [1.82, 2.24) is 0 Å². The van der Waals surface area contributed by atoms with Crippen LogP contribution >= 0.6 is 0 Å². The van der Waals surface area contributed by atoms with Crippen molar-refractivity contribution in [2.75, 3.05) is 16.8 Å². The Morgan fingerprint density at radius 1 is 1.04 bits per heavy atom. The molecule has 1 aliphatic heterocycles. The molecule has 142 valence electrons. The number of carbonyl (C=O) groups excluding carboxylic acids is 2. The van der Waals surface area contributed by atoms with Gasteiger partial charge in [0.25, 0.3) is 0 Å². The van der Waals surface area contributed by atoms with Crippen molar-refractivity contribution in [2.45, 2.75) is 46.5 Å². The van der Waals surface area contributed by atoms with Crippen LogP contribution in [0, 0.1) is 19.8 Å². The molecule has 2 aromatic rings. The zero-order chi connectivity index (χ0) is 19.8. The van der Waals surface area contributed by atoms with Gasteiger partial charge >= 0.3 is 0 Å². The van der Waals surface area contributed by atoms with Crippen LogP contribution in [0.1, 0.15) is 43.9 Å². The predicted octanol–water partition coefficient (Wildman–Crippen LogP) is 4.59. The average molecular weight is 364 g/mol. The molecular weight excluding hydrogens is 336 g/mol. The molecule has 0 aromatic heterocycles. The Morgan fingerprint density at radius 2 is 1.63 bits per heavy atom. The Balaban J connectivity index is 1.72. The number of aryl methyl sites for hydroxylation is 2. The summed E-state index contributed by atoms with van der Waals surface area (Å²) in [4.78, 5) is 27.0. The fourth-order valence-corrected chi connectivity index (χ4v) is 3.51. The molecule has 2 amide bonds. The number of hydrogen-bond donors (Lipinski definition) is 1. The van der Waals surface area contributed by atoms with Gasteiger partial charge in [-0.05, 0) is 48.1 Å². The van der Waals surface area contributed by atoms with E-state index in [-0.39, 0.29) is 29.6 Å². The molecule has 27 heavy (non-hydrogen) atoms. The first-order valence-corrected chi connectivity index (χ1v) is 9.45. The Kier molecular flexibility index (Phi) is 5.09. The van der Waals surface area contributed by atoms with Crippen LogP contribution < -0.4 is 10.2 Å². The van der Waals surface area contributed by atoms with Gasteiger partial charge in [0.15, 0.2) is 0 Å². The number of rotatable bonds is 3. The van der Waals surface area contributed by atoms with Crippen LogP contribution in [0.3, 0.4) is 0 Å². The van der Waals surface area contributed by atoms with E-state index in [4.69, 9.17) is 0 Å². The first kappa shape index (κ1) is 19.2. The van der Waals surface area contributed by atoms with E-state index in [0.717, 1.165) is 22.5 Å². The third-order valence-electron chi connectivity index (χ3n) is 5.27. The molecule has 3 rings (SSSR count). The topological polar surface area (TPSA) is 49.4 Å². The van der Waals surface area contributed by atoms with Crippen LogP contribution in [0.25, 0.3) is 0 Å². The lowest BCUT2D eigenvalue weighted by molar-refractivity contribution is -0.122. The highest BCUT2D eigenvalue weighted by atomic mass is 16.2. The van der Waals surface area contributed by atoms with Crippen molar-refractivity contribution in [3.8, 4) is 0 Å². The first-order valence-electron chi connectivity index (χ1n) is 9.45. The van der Waals surface area contributed by atoms with Crippen molar-refractivity contribution in [2.24, 2.45) is 5.92 Å². The van der Waals surface area contributed by atoms with Crippen LogP contribution in [0.4, 0.5) is 11.4 Å². The van der Waals surface area contributed by atoms with E-state index >= 15 is 0 Å².